The standard InChI is InChI=1S/C54H54N4O.Pt/c1-50(2,3)34-25-26-55-46(27-34)58-42-20-13-12-19-38(42)39-24-23-37(29-45(39)58)59-36-18-16-17-35(28-36)56-33-57(44-22-15-14-21-43(44)56)49-47-40(51(4,5)31-53(47,8)9)30-41-48(49)54(10,11)32-52(41,6)7;/h12-27,30H,31-32H2,1-11H3;/q-2;. The molecule has 0 fully saturated rings. The van der Waals surface area contributed by atoms with Gasteiger partial charge in [-0.25, -0.2) is 4.98 Å². The van der Waals surface area contributed by atoms with Crippen molar-refractivity contribution in [3.8, 4) is 28.7 Å². The van der Waals surface area contributed by atoms with E-state index in [1.165, 1.54) is 33.5 Å². The minimum absolute atomic E-state index is 0. The normalized spacial score (nSPS) is 17.2. The third kappa shape index (κ3) is 6.21. The van der Waals surface area contributed by atoms with E-state index in [0.717, 1.165) is 57.2 Å². The van der Waals surface area contributed by atoms with Gasteiger partial charge in [-0.3, -0.25) is 4.57 Å². The predicted molar refractivity (Wildman–Crippen MR) is 240 cm³/mol. The maximum atomic E-state index is 6.66. The zero-order valence-electron chi connectivity index (χ0n) is 36.7. The molecule has 0 atom stereocenters. The molecule has 0 aliphatic heterocycles. The number of aromatic nitrogens is 4. The number of imidazole rings is 1. The van der Waals surface area contributed by atoms with Crippen LogP contribution < -0.4 is 9.30 Å². The summed E-state index contributed by atoms with van der Waals surface area (Å²) < 4.78 is 13.4. The van der Waals surface area contributed by atoms with E-state index in [9.17, 15) is 0 Å². The van der Waals surface area contributed by atoms with E-state index < -0.39 is 0 Å². The van der Waals surface area contributed by atoms with Crippen molar-refractivity contribution < 1.29 is 30.4 Å². The van der Waals surface area contributed by atoms with Gasteiger partial charge < -0.3 is 13.9 Å². The fourth-order valence-electron chi connectivity index (χ4n) is 11.2. The number of ether oxygens (including phenoxy) is 1. The topological polar surface area (TPSA) is 35.9 Å². The van der Waals surface area contributed by atoms with E-state index >= 15 is 0 Å². The second-order valence-corrected chi connectivity index (χ2v) is 20.8. The maximum absolute atomic E-state index is 6.66. The molecule has 2 aliphatic carbocycles. The zero-order chi connectivity index (χ0) is 41.4. The molecule has 0 amide bonds. The molecule has 60 heavy (non-hydrogen) atoms. The van der Waals surface area contributed by atoms with Gasteiger partial charge in [0, 0.05) is 44.3 Å². The molecule has 10 rings (SSSR count). The van der Waals surface area contributed by atoms with Crippen molar-refractivity contribution in [2.45, 2.75) is 116 Å². The van der Waals surface area contributed by atoms with Crippen LogP contribution in [-0.4, -0.2) is 14.1 Å². The molecule has 3 heterocycles. The average Bonchev–Trinajstić information content (AvgIpc) is 3.83. The number of para-hydroxylation sites is 3. The molecule has 0 unspecified atom stereocenters. The second kappa shape index (κ2) is 13.5. The van der Waals surface area contributed by atoms with Crippen LogP contribution in [0.2, 0.25) is 0 Å². The zero-order valence-corrected chi connectivity index (χ0v) is 39.0. The van der Waals surface area contributed by atoms with Gasteiger partial charge in [0.05, 0.1) is 16.7 Å². The van der Waals surface area contributed by atoms with Crippen molar-refractivity contribution in [1.29, 1.82) is 0 Å². The van der Waals surface area contributed by atoms with Gasteiger partial charge in [-0.1, -0.05) is 130 Å². The fraction of sp³-hybridized carbons (Fsp3) is 0.333. The van der Waals surface area contributed by atoms with Gasteiger partial charge >= 0.3 is 0 Å². The number of benzene rings is 5. The van der Waals surface area contributed by atoms with E-state index in [2.05, 4.69) is 187 Å². The molecule has 0 saturated heterocycles. The first-order valence-corrected chi connectivity index (χ1v) is 21.2. The van der Waals surface area contributed by atoms with Gasteiger partial charge in [-0.05, 0) is 97.0 Å². The number of fused-ring (bicyclic) bond motifs is 6. The maximum Gasteiger partial charge on any atom is 0.268 e. The Balaban J connectivity index is 0.00000462. The van der Waals surface area contributed by atoms with Gasteiger partial charge in [0.15, 0.2) is 0 Å². The largest absolute Gasteiger partial charge is 0.510 e. The molecule has 2 aliphatic rings. The van der Waals surface area contributed by atoms with Crippen molar-refractivity contribution in [3.63, 3.8) is 0 Å². The minimum Gasteiger partial charge on any atom is -0.510 e. The van der Waals surface area contributed by atoms with E-state index in [-0.39, 0.29) is 48.1 Å². The Labute approximate surface area is 369 Å². The van der Waals surface area contributed by atoms with E-state index in [4.69, 9.17) is 9.72 Å². The van der Waals surface area contributed by atoms with Crippen LogP contribution in [0.1, 0.15) is 117 Å². The third-order valence-electron chi connectivity index (χ3n) is 13.3. The number of pyridine rings is 1. The van der Waals surface area contributed by atoms with Gasteiger partial charge in [-0.15, -0.1) is 29.7 Å². The predicted octanol–water partition coefficient (Wildman–Crippen LogP) is 12.8. The van der Waals surface area contributed by atoms with Crippen LogP contribution in [-0.2, 0) is 48.1 Å². The smallest absolute Gasteiger partial charge is 0.268 e. The van der Waals surface area contributed by atoms with Crippen LogP contribution in [0.5, 0.6) is 11.5 Å². The van der Waals surface area contributed by atoms with Crippen LogP contribution in [0.4, 0.5) is 0 Å². The molecular formula is C54H54N4OPt-2. The summed E-state index contributed by atoms with van der Waals surface area (Å²) in [5.41, 5.74) is 13.6. The summed E-state index contributed by atoms with van der Waals surface area (Å²) >= 11 is 0. The SMILES string of the molecule is CC(C)(C)c1ccnc(-n2c3[c-]c(Oc4[c-]c(-n5[c-][n+](-c6c7c(cc8c6C(C)(C)CC8(C)C)C(C)(C)CC7(C)C)c6ccccc65)ccc4)ccc3c3ccccc32)c1.[Pt]. The van der Waals surface area contributed by atoms with Crippen molar-refractivity contribution in [3.05, 3.63) is 150 Å². The van der Waals surface area contributed by atoms with Crippen LogP contribution in [0.3, 0.4) is 0 Å². The Bertz CT molecular complexity index is 2970. The molecule has 0 N–H and O–H groups in total. The first-order valence-electron chi connectivity index (χ1n) is 21.2. The molecule has 8 aromatic rings. The van der Waals surface area contributed by atoms with E-state index in [1.807, 2.05) is 24.4 Å². The summed E-state index contributed by atoms with van der Waals surface area (Å²) in [5.74, 6) is 2.09. The molecule has 5 aromatic carbocycles. The summed E-state index contributed by atoms with van der Waals surface area (Å²) in [7, 11) is 0. The number of hydrogen-bond acceptors (Lipinski definition) is 2. The minimum atomic E-state index is -0.0147. The average molecular weight is 970 g/mol. The van der Waals surface area contributed by atoms with E-state index in [0.29, 0.717) is 11.5 Å². The molecular weight excluding hydrogens is 916 g/mol. The number of nitrogens with zero attached hydrogens (tertiary/aromatic N) is 4. The van der Waals surface area contributed by atoms with Gasteiger partial charge in [-0.2, -0.15) is 18.2 Å². The summed E-state index contributed by atoms with van der Waals surface area (Å²) in [4.78, 5) is 4.86. The first-order chi connectivity index (χ1) is 27.8. The first kappa shape index (κ1) is 40.4. The Morgan fingerprint density at radius 1 is 0.650 bits per heavy atom. The summed E-state index contributed by atoms with van der Waals surface area (Å²) in [6, 6.07) is 41.6. The van der Waals surface area contributed by atoms with Crippen molar-refractivity contribution in [1.82, 2.24) is 14.1 Å². The van der Waals surface area contributed by atoms with Crippen molar-refractivity contribution >= 4 is 32.8 Å². The van der Waals surface area contributed by atoms with Gasteiger partial charge in [0.1, 0.15) is 5.82 Å². The number of hydrogen-bond donors (Lipinski definition) is 0. The molecule has 0 bridgehead atoms. The van der Waals surface area contributed by atoms with Crippen LogP contribution >= 0.6 is 0 Å². The summed E-state index contributed by atoms with van der Waals surface area (Å²) in [6.07, 6.45) is 8.02. The monoisotopic (exact) mass is 969 g/mol. The van der Waals surface area contributed by atoms with Crippen LogP contribution in [0.15, 0.2) is 103 Å². The molecule has 308 valence electrons. The summed E-state index contributed by atoms with van der Waals surface area (Å²) in [6.45, 7) is 26.2. The van der Waals surface area contributed by atoms with Crippen molar-refractivity contribution in [2.75, 3.05) is 0 Å². The van der Waals surface area contributed by atoms with Crippen LogP contribution in [0, 0.1) is 18.5 Å². The van der Waals surface area contributed by atoms with Gasteiger partial charge in [0.25, 0.3) is 6.33 Å². The number of rotatable bonds is 5. The third-order valence-corrected chi connectivity index (χ3v) is 13.3. The molecule has 5 nitrogen and oxygen atoms in total. The quantitative estimate of drug-likeness (QED) is 0.127. The molecule has 3 aromatic heterocycles. The Morgan fingerprint density at radius 3 is 1.97 bits per heavy atom. The Morgan fingerprint density at radius 2 is 1.28 bits per heavy atom. The fourth-order valence-corrected chi connectivity index (χ4v) is 11.2. The Kier molecular flexibility index (Phi) is 9.10. The van der Waals surface area contributed by atoms with Crippen molar-refractivity contribution in [2.24, 2.45) is 0 Å². The molecule has 0 spiro atoms. The van der Waals surface area contributed by atoms with E-state index in [1.54, 1.807) is 0 Å². The summed E-state index contributed by atoms with van der Waals surface area (Å²) in [5, 5.41) is 2.25. The Hall–Kier alpha value is -4.99. The molecule has 0 radical (unpaired) electrons. The molecule has 6 heteroatoms. The van der Waals surface area contributed by atoms with Gasteiger partial charge in [0.2, 0.25) is 0 Å². The second-order valence-electron chi connectivity index (χ2n) is 20.8. The molecule has 0 saturated carbocycles. The van der Waals surface area contributed by atoms with Crippen LogP contribution in [0.25, 0.3) is 50.0 Å².